The number of hydrogen-bond acceptors (Lipinski definition) is 4. The topological polar surface area (TPSA) is 86.2 Å². The number of hydrogen-bond donors (Lipinski definition) is 1. The normalized spacial score (nSPS) is 15.7. The van der Waals surface area contributed by atoms with Crippen molar-refractivity contribution < 1.29 is 25.1 Å². The van der Waals surface area contributed by atoms with Crippen molar-refractivity contribution >= 4 is 5.97 Å². The summed E-state index contributed by atoms with van der Waals surface area (Å²) >= 11 is 0. The SMILES string of the molecule is CC(C)(C(=O)[O-])[C@@H]([NH3+])c1ccc2c(c1)OCO2. The highest BCUT2D eigenvalue weighted by atomic mass is 16.7. The Hall–Kier alpha value is -1.75. The van der Waals surface area contributed by atoms with Gasteiger partial charge in [0, 0.05) is 5.56 Å². The van der Waals surface area contributed by atoms with E-state index in [0.29, 0.717) is 11.5 Å². The lowest BCUT2D eigenvalue weighted by Crippen LogP contribution is -2.63. The Morgan fingerprint density at radius 3 is 2.71 bits per heavy atom. The number of ether oxygens (including phenoxy) is 2. The number of carbonyl (C=O) groups excluding carboxylic acids is 1. The standard InChI is InChI=1S/C12H15NO4/c1-12(2,11(14)15)10(13)7-3-4-8-9(5-7)17-6-16-8/h3-5,10H,6,13H2,1-2H3,(H,14,15)/t10-/m0/s1. The van der Waals surface area contributed by atoms with Crippen LogP contribution in [0, 0.1) is 5.41 Å². The molecule has 0 saturated carbocycles. The van der Waals surface area contributed by atoms with Crippen LogP contribution in [-0.2, 0) is 4.79 Å². The lowest BCUT2D eigenvalue weighted by atomic mass is 9.81. The Bertz CT molecular complexity index is 456. The number of carbonyl (C=O) groups is 1. The number of quaternary nitrogens is 1. The fourth-order valence-corrected chi connectivity index (χ4v) is 1.69. The Labute approximate surface area is 99.1 Å². The van der Waals surface area contributed by atoms with Crippen LogP contribution in [-0.4, -0.2) is 12.8 Å². The summed E-state index contributed by atoms with van der Waals surface area (Å²) in [7, 11) is 0. The van der Waals surface area contributed by atoms with Crippen molar-refractivity contribution in [1.82, 2.24) is 0 Å². The summed E-state index contributed by atoms with van der Waals surface area (Å²) in [5.41, 5.74) is 3.67. The first-order valence-corrected chi connectivity index (χ1v) is 5.37. The third-order valence-electron chi connectivity index (χ3n) is 3.20. The lowest BCUT2D eigenvalue weighted by Gasteiger charge is -2.29. The predicted molar refractivity (Wildman–Crippen MR) is 57.0 cm³/mol. The Morgan fingerprint density at radius 2 is 2.06 bits per heavy atom. The van der Waals surface area contributed by atoms with Crippen LogP contribution in [0.15, 0.2) is 18.2 Å². The fraction of sp³-hybridized carbons (Fsp3) is 0.417. The Morgan fingerprint density at radius 1 is 1.41 bits per heavy atom. The molecule has 92 valence electrons. The van der Waals surface area contributed by atoms with E-state index < -0.39 is 17.4 Å². The monoisotopic (exact) mass is 237 g/mol. The van der Waals surface area contributed by atoms with Crippen LogP contribution in [0.25, 0.3) is 0 Å². The van der Waals surface area contributed by atoms with E-state index in [1.54, 1.807) is 32.0 Å². The molecule has 3 N–H and O–H groups in total. The number of carboxylic acids is 1. The van der Waals surface area contributed by atoms with Gasteiger partial charge in [0.15, 0.2) is 11.5 Å². The zero-order valence-corrected chi connectivity index (χ0v) is 9.86. The third kappa shape index (κ3) is 1.93. The largest absolute Gasteiger partial charge is 0.549 e. The van der Waals surface area contributed by atoms with Crippen molar-refractivity contribution in [2.75, 3.05) is 6.79 Å². The van der Waals surface area contributed by atoms with Gasteiger partial charge in [0.1, 0.15) is 6.04 Å². The summed E-state index contributed by atoms with van der Waals surface area (Å²) in [6.07, 6.45) is 0. The minimum atomic E-state index is -1.12. The maximum absolute atomic E-state index is 11.1. The Balaban J connectivity index is 2.32. The molecule has 5 nitrogen and oxygen atoms in total. The van der Waals surface area contributed by atoms with Crippen molar-refractivity contribution in [2.24, 2.45) is 5.41 Å². The van der Waals surface area contributed by atoms with E-state index >= 15 is 0 Å². The zero-order valence-electron chi connectivity index (χ0n) is 9.86. The van der Waals surface area contributed by atoms with Gasteiger partial charge in [0.25, 0.3) is 0 Å². The van der Waals surface area contributed by atoms with Crippen LogP contribution in [0.5, 0.6) is 11.5 Å². The second kappa shape index (κ2) is 3.92. The minimum Gasteiger partial charge on any atom is -0.549 e. The summed E-state index contributed by atoms with van der Waals surface area (Å²) in [4.78, 5) is 11.1. The molecule has 1 aliphatic rings. The molecule has 0 radical (unpaired) electrons. The quantitative estimate of drug-likeness (QED) is 0.766. The van der Waals surface area contributed by atoms with E-state index in [2.05, 4.69) is 5.73 Å². The molecule has 0 fully saturated rings. The van der Waals surface area contributed by atoms with E-state index in [9.17, 15) is 9.90 Å². The molecule has 0 saturated heterocycles. The van der Waals surface area contributed by atoms with Crippen LogP contribution in [0.2, 0.25) is 0 Å². The number of fused-ring (bicyclic) bond motifs is 1. The number of benzene rings is 1. The maximum Gasteiger partial charge on any atom is 0.231 e. The molecule has 17 heavy (non-hydrogen) atoms. The molecule has 1 aliphatic heterocycles. The molecule has 1 aromatic rings. The smallest absolute Gasteiger partial charge is 0.231 e. The number of rotatable bonds is 3. The molecule has 0 amide bonds. The predicted octanol–water partition coefficient (Wildman–Crippen LogP) is -0.526. The van der Waals surface area contributed by atoms with Crippen molar-refractivity contribution in [3.05, 3.63) is 23.8 Å². The molecule has 1 aromatic carbocycles. The molecular formula is C12H15NO4. The number of aliphatic carboxylic acids is 1. The van der Waals surface area contributed by atoms with E-state index in [4.69, 9.17) is 9.47 Å². The molecule has 5 heteroatoms. The molecule has 0 aliphatic carbocycles. The summed E-state index contributed by atoms with van der Waals surface area (Å²) in [6, 6.07) is 4.92. The molecule has 2 rings (SSSR count). The highest BCUT2D eigenvalue weighted by molar-refractivity contribution is 5.72. The first kappa shape index (κ1) is 11.7. The van der Waals surface area contributed by atoms with E-state index in [0.717, 1.165) is 5.56 Å². The second-order valence-corrected chi connectivity index (χ2v) is 4.67. The zero-order chi connectivity index (χ0) is 12.6. The van der Waals surface area contributed by atoms with Gasteiger partial charge in [-0.25, -0.2) is 0 Å². The molecule has 0 spiro atoms. The van der Waals surface area contributed by atoms with Gasteiger partial charge in [-0.15, -0.1) is 0 Å². The molecule has 0 unspecified atom stereocenters. The van der Waals surface area contributed by atoms with Crippen molar-refractivity contribution in [3.63, 3.8) is 0 Å². The van der Waals surface area contributed by atoms with Crippen molar-refractivity contribution in [3.8, 4) is 11.5 Å². The van der Waals surface area contributed by atoms with Gasteiger partial charge in [-0.2, -0.15) is 0 Å². The van der Waals surface area contributed by atoms with Gasteiger partial charge in [-0.05, 0) is 32.0 Å². The maximum atomic E-state index is 11.1. The second-order valence-electron chi connectivity index (χ2n) is 4.67. The van der Waals surface area contributed by atoms with Crippen LogP contribution < -0.4 is 20.3 Å². The van der Waals surface area contributed by atoms with Gasteiger partial charge >= 0.3 is 0 Å². The summed E-state index contributed by atoms with van der Waals surface area (Å²) in [5.74, 6) is 0.188. The van der Waals surface area contributed by atoms with Gasteiger partial charge in [-0.3, -0.25) is 0 Å². The van der Waals surface area contributed by atoms with Gasteiger partial charge in [0.05, 0.1) is 11.4 Å². The van der Waals surface area contributed by atoms with Crippen LogP contribution in [0.1, 0.15) is 25.5 Å². The average Bonchev–Trinajstić information content (AvgIpc) is 2.74. The number of carboxylic acid groups (broad SMARTS) is 1. The Kier molecular flexibility index (Phi) is 2.71. The summed E-state index contributed by atoms with van der Waals surface area (Å²) in [5, 5.41) is 11.1. The molecule has 1 atom stereocenters. The van der Waals surface area contributed by atoms with Crippen LogP contribution in [0.4, 0.5) is 0 Å². The van der Waals surface area contributed by atoms with Crippen molar-refractivity contribution in [1.29, 1.82) is 0 Å². The molecular weight excluding hydrogens is 222 g/mol. The first-order valence-electron chi connectivity index (χ1n) is 5.37. The van der Waals surface area contributed by atoms with E-state index in [1.807, 2.05) is 0 Å². The third-order valence-corrected chi connectivity index (χ3v) is 3.20. The van der Waals surface area contributed by atoms with Gasteiger partial charge < -0.3 is 25.1 Å². The summed E-state index contributed by atoms with van der Waals surface area (Å²) in [6.45, 7) is 3.40. The average molecular weight is 237 g/mol. The fourth-order valence-electron chi connectivity index (χ4n) is 1.69. The van der Waals surface area contributed by atoms with Crippen molar-refractivity contribution in [2.45, 2.75) is 19.9 Å². The highest BCUT2D eigenvalue weighted by Gasteiger charge is 2.33. The van der Waals surface area contributed by atoms with Crippen LogP contribution in [0.3, 0.4) is 0 Å². The van der Waals surface area contributed by atoms with Gasteiger partial charge in [-0.1, -0.05) is 0 Å². The minimum absolute atomic E-state index is 0.199. The summed E-state index contributed by atoms with van der Waals surface area (Å²) < 4.78 is 10.4. The van der Waals surface area contributed by atoms with Gasteiger partial charge in [0.2, 0.25) is 6.79 Å². The first-order chi connectivity index (χ1) is 7.93. The van der Waals surface area contributed by atoms with Crippen LogP contribution >= 0.6 is 0 Å². The molecule has 0 bridgehead atoms. The highest BCUT2D eigenvalue weighted by Crippen LogP contribution is 2.37. The molecule has 0 aromatic heterocycles. The van der Waals surface area contributed by atoms with E-state index in [-0.39, 0.29) is 6.79 Å². The lowest BCUT2D eigenvalue weighted by molar-refractivity contribution is -0.456. The molecule has 1 heterocycles. The van der Waals surface area contributed by atoms with E-state index in [1.165, 1.54) is 0 Å².